The highest BCUT2D eigenvalue weighted by Gasteiger charge is 2.00. The summed E-state index contributed by atoms with van der Waals surface area (Å²) in [4.78, 5) is 3.21. The fourth-order valence-corrected chi connectivity index (χ4v) is 1.72. The summed E-state index contributed by atoms with van der Waals surface area (Å²) in [6.07, 6.45) is 1.97. The molecule has 0 unspecified atom stereocenters. The molecule has 0 bridgehead atoms. The number of nitrogens with one attached hydrogen (secondary N) is 1. The lowest BCUT2D eigenvalue weighted by atomic mass is 10.2. The monoisotopic (exact) mass is 209 g/mol. The molecular weight excluding hydrogens is 202 g/mol. The number of hydrogen-bond acceptors (Lipinski definition) is 0. The van der Waals surface area contributed by atoms with E-state index in [9.17, 15) is 0 Å². The number of benzene rings is 1. The van der Waals surface area contributed by atoms with Crippen LogP contribution in [0.5, 0.6) is 0 Å². The molecule has 11 heavy (non-hydrogen) atoms. The number of halogens is 1. The van der Waals surface area contributed by atoms with Crippen LogP contribution in [0.1, 0.15) is 5.56 Å². The maximum absolute atomic E-state index is 3.47. The van der Waals surface area contributed by atoms with Crippen molar-refractivity contribution < 1.29 is 0 Å². The lowest BCUT2D eigenvalue weighted by Gasteiger charge is -1.93. The molecule has 1 heterocycles. The van der Waals surface area contributed by atoms with E-state index in [0.29, 0.717) is 0 Å². The topological polar surface area (TPSA) is 15.8 Å². The van der Waals surface area contributed by atoms with Crippen LogP contribution in [-0.4, -0.2) is 4.98 Å². The Bertz CT molecular complexity index is 389. The number of para-hydroxylation sites is 1. The molecule has 0 atom stereocenters. The van der Waals surface area contributed by atoms with Crippen molar-refractivity contribution in [3.8, 4) is 0 Å². The number of aromatic amines is 1. The summed E-state index contributed by atoms with van der Waals surface area (Å²) in [5.41, 5.74) is 2.51. The van der Waals surface area contributed by atoms with Crippen LogP contribution < -0.4 is 0 Å². The summed E-state index contributed by atoms with van der Waals surface area (Å²) in [7, 11) is 0. The molecule has 0 amide bonds. The zero-order valence-electron chi connectivity index (χ0n) is 6.19. The molecule has 1 nitrogen and oxygen atoms in total. The van der Waals surface area contributed by atoms with Gasteiger partial charge in [0.05, 0.1) is 0 Å². The molecule has 2 aromatic rings. The minimum atomic E-state index is 1.14. The molecule has 1 aromatic heterocycles. The lowest BCUT2D eigenvalue weighted by Crippen LogP contribution is -1.73. The van der Waals surface area contributed by atoms with Crippen LogP contribution in [0.25, 0.3) is 10.9 Å². The summed E-state index contributed by atoms with van der Waals surface area (Å²) < 4.78 is 1.14. The van der Waals surface area contributed by atoms with E-state index in [1.54, 1.807) is 0 Å². The first-order valence-electron chi connectivity index (χ1n) is 3.51. The minimum absolute atomic E-state index is 1.14. The van der Waals surface area contributed by atoms with Crippen LogP contribution in [0.2, 0.25) is 0 Å². The van der Waals surface area contributed by atoms with Crippen molar-refractivity contribution in [2.24, 2.45) is 0 Å². The molecule has 1 aromatic carbocycles. The Morgan fingerprint density at radius 1 is 1.36 bits per heavy atom. The van der Waals surface area contributed by atoms with Crippen molar-refractivity contribution in [3.63, 3.8) is 0 Å². The number of aromatic nitrogens is 1. The number of hydrogen-bond donors (Lipinski definition) is 1. The Labute approximate surface area is 73.6 Å². The van der Waals surface area contributed by atoms with E-state index in [-0.39, 0.29) is 0 Å². The first-order chi connectivity index (χ1) is 5.29. The Morgan fingerprint density at radius 2 is 2.18 bits per heavy atom. The van der Waals surface area contributed by atoms with E-state index in [0.717, 1.165) is 4.47 Å². The summed E-state index contributed by atoms with van der Waals surface area (Å²) in [6.45, 7) is 2.10. The summed E-state index contributed by atoms with van der Waals surface area (Å²) in [5.74, 6) is 0. The van der Waals surface area contributed by atoms with Crippen LogP contribution in [0.3, 0.4) is 0 Å². The predicted molar refractivity (Wildman–Crippen MR) is 50.7 cm³/mol. The Hall–Kier alpha value is -0.760. The van der Waals surface area contributed by atoms with Crippen molar-refractivity contribution in [1.29, 1.82) is 0 Å². The van der Waals surface area contributed by atoms with Gasteiger partial charge >= 0.3 is 0 Å². The van der Waals surface area contributed by atoms with Crippen LogP contribution in [0.15, 0.2) is 28.9 Å². The molecule has 0 saturated carbocycles. The average Bonchev–Trinajstić information content (AvgIpc) is 2.35. The van der Waals surface area contributed by atoms with Crippen molar-refractivity contribution in [1.82, 2.24) is 4.98 Å². The standard InChI is InChI=1S/C9H8BrN/c1-6-3-2-4-7-8(10)5-11-9(6)7/h2-5,11H,1H3. The van der Waals surface area contributed by atoms with Crippen molar-refractivity contribution in [2.75, 3.05) is 0 Å². The van der Waals surface area contributed by atoms with E-state index < -0.39 is 0 Å². The van der Waals surface area contributed by atoms with Crippen molar-refractivity contribution in [3.05, 3.63) is 34.4 Å². The van der Waals surface area contributed by atoms with Gasteiger partial charge < -0.3 is 4.98 Å². The summed E-state index contributed by atoms with van der Waals surface area (Å²) in [6, 6.07) is 6.27. The third kappa shape index (κ3) is 0.979. The van der Waals surface area contributed by atoms with E-state index in [4.69, 9.17) is 0 Å². The first kappa shape index (κ1) is 6.92. The lowest BCUT2D eigenvalue weighted by molar-refractivity contribution is 1.41. The molecule has 0 radical (unpaired) electrons. The molecule has 0 aliphatic carbocycles. The maximum atomic E-state index is 3.47. The van der Waals surface area contributed by atoms with Crippen LogP contribution in [0.4, 0.5) is 0 Å². The largest absolute Gasteiger partial charge is 0.360 e. The number of H-pyrrole nitrogens is 1. The van der Waals surface area contributed by atoms with Gasteiger partial charge in [-0.05, 0) is 28.4 Å². The smallest absolute Gasteiger partial charge is 0.0495 e. The van der Waals surface area contributed by atoms with Gasteiger partial charge in [-0.15, -0.1) is 0 Å². The number of rotatable bonds is 0. The number of fused-ring (bicyclic) bond motifs is 1. The molecule has 2 heteroatoms. The van der Waals surface area contributed by atoms with Crippen molar-refractivity contribution in [2.45, 2.75) is 6.92 Å². The van der Waals surface area contributed by atoms with Crippen LogP contribution >= 0.6 is 15.9 Å². The van der Waals surface area contributed by atoms with Crippen molar-refractivity contribution >= 4 is 26.8 Å². The highest BCUT2D eigenvalue weighted by Crippen LogP contribution is 2.24. The second kappa shape index (κ2) is 2.38. The molecule has 0 saturated heterocycles. The maximum Gasteiger partial charge on any atom is 0.0495 e. The van der Waals surface area contributed by atoms with E-state index in [2.05, 4.69) is 46.0 Å². The first-order valence-corrected chi connectivity index (χ1v) is 4.30. The third-order valence-electron chi connectivity index (χ3n) is 1.87. The Balaban J connectivity index is 2.94. The zero-order chi connectivity index (χ0) is 7.84. The van der Waals surface area contributed by atoms with Gasteiger partial charge in [-0.3, -0.25) is 0 Å². The fourth-order valence-electron chi connectivity index (χ4n) is 1.27. The summed E-state index contributed by atoms with van der Waals surface area (Å²) >= 11 is 3.47. The highest BCUT2D eigenvalue weighted by atomic mass is 79.9. The second-order valence-corrected chi connectivity index (χ2v) is 3.49. The van der Waals surface area contributed by atoms with Crippen LogP contribution in [0, 0.1) is 6.92 Å². The molecule has 0 fully saturated rings. The molecule has 1 N–H and O–H groups in total. The fraction of sp³-hybridized carbons (Fsp3) is 0.111. The van der Waals surface area contributed by atoms with Gasteiger partial charge in [-0.1, -0.05) is 18.2 Å². The molecule has 0 aliphatic rings. The van der Waals surface area contributed by atoms with Gasteiger partial charge in [-0.2, -0.15) is 0 Å². The highest BCUT2D eigenvalue weighted by molar-refractivity contribution is 9.10. The quantitative estimate of drug-likeness (QED) is 0.686. The molecule has 0 spiro atoms. The zero-order valence-corrected chi connectivity index (χ0v) is 7.77. The average molecular weight is 210 g/mol. The van der Waals surface area contributed by atoms with Gasteiger partial charge in [-0.25, -0.2) is 0 Å². The van der Waals surface area contributed by atoms with E-state index >= 15 is 0 Å². The number of aryl methyl sites for hydroxylation is 1. The molecule has 0 aliphatic heterocycles. The van der Waals surface area contributed by atoms with Gasteiger partial charge in [0.25, 0.3) is 0 Å². The van der Waals surface area contributed by atoms with E-state index in [1.165, 1.54) is 16.5 Å². The van der Waals surface area contributed by atoms with Gasteiger partial charge in [0.15, 0.2) is 0 Å². The Morgan fingerprint density at radius 3 is 2.91 bits per heavy atom. The molecule has 56 valence electrons. The second-order valence-electron chi connectivity index (χ2n) is 2.63. The van der Waals surface area contributed by atoms with Gasteiger partial charge in [0.1, 0.15) is 0 Å². The SMILES string of the molecule is Cc1cccc2c(Br)c[nH]c12. The van der Waals surface area contributed by atoms with Gasteiger partial charge in [0.2, 0.25) is 0 Å². The third-order valence-corrected chi connectivity index (χ3v) is 2.53. The van der Waals surface area contributed by atoms with Gasteiger partial charge in [0, 0.05) is 21.6 Å². The minimum Gasteiger partial charge on any atom is -0.360 e. The molecular formula is C9H8BrN. The van der Waals surface area contributed by atoms with E-state index in [1.807, 2.05) is 6.20 Å². The summed E-state index contributed by atoms with van der Waals surface area (Å²) in [5, 5.41) is 1.25. The predicted octanol–water partition coefficient (Wildman–Crippen LogP) is 3.24. The Kier molecular flexibility index (Phi) is 1.50. The normalized spacial score (nSPS) is 10.7. The molecule has 2 rings (SSSR count). The van der Waals surface area contributed by atoms with Crippen LogP contribution in [-0.2, 0) is 0 Å².